The van der Waals surface area contributed by atoms with Crippen LogP contribution in [0.2, 0.25) is 0 Å². The quantitative estimate of drug-likeness (QED) is 0.351. The average molecular weight is 232 g/mol. The SMILES string of the molecule is CC(=O)NCCOCCOCCNCC=O. The monoisotopic (exact) mass is 232 g/mol. The molecule has 0 aliphatic carbocycles. The highest BCUT2D eigenvalue weighted by Crippen LogP contribution is 1.77. The van der Waals surface area contributed by atoms with Crippen LogP contribution < -0.4 is 10.6 Å². The van der Waals surface area contributed by atoms with Crippen LogP contribution in [0.1, 0.15) is 6.92 Å². The van der Waals surface area contributed by atoms with E-state index in [1.807, 2.05) is 0 Å². The van der Waals surface area contributed by atoms with Crippen molar-refractivity contribution in [3.63, 3.8) is 0 Å². The van der Waals surface area contributed by atoms with Gasteiger partial charge in [-0.2, -0.15) is 0 Å². The minimum absolute atomic E-state index is 0.0545. The lowest BCUT2D eigenvalue weighted by Gasteiger charge is -2.06. The van der Waals surface area contributed by atoms with E-state index in [-0.39, 0.29) is 5.91 Å². The minimum atomic E-state index is -0.0545. The lowest BCUT2D eigenvalue weighted by Crippen LogP contribution is -2.25. The van der Waals surface area contributed by atoms with Gasteiger partial charge in [0, 0.05) is 20.0 Å². The van der Waals surface area contributed by atoms with E-state index in [4.69, 9.17) is 9.47 Å². The Hall–Kier alpha value is -0.980. The highest BCUT2D eigenvalue weighted by atomic mass is 16.5. The van der Waals surface area contributed by atoms with Crippen molar-refractivity contribution in [2.45, 2.75) is 6.92 Å². The molecule has 0 atom stereocenters. The van der Waals surface area contributed by atoms with Crippen LogP contribution in [0.25, 0.3) is 0 Å². The smallest absolute Gasteiger partial charge is 0.216 e. The number of hydrogen-bond donors (Lipinski definition) is 2. The molecular weight excluding hydrogens is 212 g/mol. The summed E-state index contributed by atoms with van der Waals surface area (Å²) in [6, 6.07) is 0. The number of carbonyl (C=O) groups is 2. The molecule has 0 rings (SSSR count). The molecule has 0 aromatic heterocycles. The van der Waals surface area contributed by atoms with Gasteiger partial charge in [0.2, 0.25) is 5.91 Å². The zero-order valence-corrected chi connectivity index (χ0v) is 9.66. The van der Waals surface area contributed by atoms with Gasteiger partial charge in [-0.3, -0.25) is 4.79 Å². The predicted molar refractivity (Wildman–Crippen MR) is 59.3 cm³/mol. The van der Waals surface area contributed by atoms with Crippen molar-refractivity contribution < 1.29 is 19.1 Å². The van der Waals surface area contributed by atoms with Crippen molar-refractivity contribution >= 4 is 12.2 Å². The molecule has 0 saturated heterocycles. The first-order valence-electron chi connectivity index (χ1n) is 5.31. The molecule has 0 bridgehead atoms. The molecule has 0 saturated carbocycles. The van der Waals surface area contributed by atoms with Crippen LogP contribution in [0, 0.1) is 0 Å². The molecular formula is C10H20N2O4. The van der Waals surface area contributed by atoms with E-state index < -0.39 is 0 Å². The van der Waals surface area contributed by atoms with Gasteiger partial charge in [0.05, 0.1) is 33.0 Å². The van der Waals surface area contributed by atoms with Crippen LogP contribution in [0.15, 0.2) is 0 Å². The van der Waals surface area contributed by atoms with Crippen molar-refractivity contribution in [3.05, 3.63) is 0 Å². The minimum Gasteiger partial charge on any atom is -0.378 e. The Bertz CT molecular complexity index is 188. The maximum atomic E-state index is 10.5. The number of hydrogen-bond acceptors (Lipinski definition) is 5. The van der Waals surface area contributed by atoms with Crippen LogP contribution in [0.3, 0.4) is 0 Å². The van der Waals surface area contributed by atoms with Gasteiger partial charge in [-0.15, -0.1) is 0 Å². The van der Waals surface area contributed by atoms with E-state index in [1.54, 1.807) is 0 Å². The predicted octanol–water partition coefficient (Wildman–Crippen LogP) is -1.06. The van der Waals surface area contributed by atoms with Gasteiger partial charge in [0.15, 0.2) is 0 Å². The summed E-state index contributed by atoms with van der Waals surface area (Å²) in [5.41, 5.74) is 0. The Kier molecular flexibility index (Phi) is 11.4. The van der Waals surface area contributed by atoms with Gasteiger partial charge in [0.25, 0.3) is 0 Å². The fraction of sp³-hybridized carbons (Fsp3) is 0.800. The molecule has 6 nitrogen and oxygen atoms in total. The molecule has 94 valence electrons. The third-order valence-corrected chi connectivity index (χ3v) is 1.64. The van der Waals surface area contributed by atoms with E-state index in [2.05, 4.69) is 10.6 Å². The summed E-state index contributed by atoms with van der Waals surface area (Å²) in [6.45, 7) is 5.08. The Balaban J connectivity index is 2.93. The van der Waals surface area contributed by atoms with E-state index in [1.165, 1.54) is 6.92 Å². The third-order valence-electron chi connectivity index (χ3n) is 1.64. The van der Waals surface area contributed by atoms with Crippen LogP contribution in [-0.4, -0.2) is 58.3 Å². The van der Waals surface area contributed by atoms with Gasteiger partial charge in [-0.25, -0.2) is 0 Å². The van der Waals surface area contributed by atoms with Crippen LogP contribution in [-0.2, 0) is 19.1 Å². The molecule has 0 aliphatic heterocycles. The molecule has 0 heterocycles. The molecule has 6 heteroatoms. The lowest BCUT2D eigenvalue weighted by atomic mass is 10.6. The lowest BCUT2D eigenvalue weighted by molar-refractivity contribution is -0.119. The van der Waals surface area contributed by atoms with Crippen molar-refractivity contribution in [2.75, 3.05) is 46.1 Å². The second-order valence-corrected chi connectivity index (χ2v) is 3.08. The summed E-state index contributed by atoms with van der Waals surface area (Å²) in [4.78, 5) is 20.4. The maximum absolute atomic E-state index is 10.5. The molecule has 0 aromatic carbocycles. The van der Waals surface area contributed by atoms with E-state index in [0.29, 0.717) is 46.1 Å². The maximum Gasteiger partial charge on any atom is 0.216 e. The van der Waals surface area contributed by atoms with Crippen molar-refractivity contribution in [3.8, 4) is 0 Å². The number of amides is 1. The molecule has 0 spiro atoms. The van der Waals surface area contributed by atoms with Gasteiger partial charge in [0.1, 0.15) is 6.29 Å². The topological polar surface area (TPSA) is 76.7 Å². The zero-order chi connectivity index (χ0) is 12.1. The normalized spacial score (nSPS) is 10.1. The first-order chi connectivity index (χ1) is 7.77. The molecule has 16 heavy (non-hydrogen) atoms. The fourth-order valence-corrected chi connectivity index (χ4v) is 0.927. The largest absolute Gasteiger partial charge is 0.378 e. The van der Waals surface area contributed by atoms with Crippen LogP contribution in [0.4, 0.5) is 0 Å². The van der Waals surface area contributed by atoms with Gasteiger partial charge in [-0.1, -0.05) is 0 Å². The number of aldehydes is 1. The zero-order valence-electron chi connectivity index (χ0n) is 9.66. The van der Waals surface area contributed by atoms with Crippen LogP contribution in [0.5, 0.6) is 0 Å². The number of carbonyl (C=O) groups excluding carboxylic acids is 2. The summed E-state index contributed by atoms with van der Waals surface area (Å²) < 4.78 is 10.4. The number of nitrogens with one attached hydrogen (secondary N) is 2. The average Bonchev–Trinajstić information content (AvgIpc) is 2.25. The van der Waals surface area contributed by atoms with Gasteiger partial charge in [-0.05, 0) is 0 Å². The second kappa shape index (κ2) is 12.1. The molecule has 2 N–H and O–H groups in total. The van der Waals surface area contributed by atoms with Crippen molar-refractivity contribution in [2.24, 2.45) is 0 Å². The molecule has 0 fully saturated rings. The molecule has 1 amide bonds. The molecule has 0 radical (unpaired) electrons. The highest BCUT2D eigenvalue weighted by molar-refractivity contribution is 5.72. The van der Waals surface area contributed by atoms with E-state index >= 15 is 0 Å². The first-order valence-corrected chi connectivity index (χ1v) is 5.31. The molecule has 0 unspecified atom stereocenters. The Labute approximate surface area is 95.7 Å². The Morgan fingerprint density at radius 2 is 1.75 bits per heavy atom. The van der Waals surface area contributed by atoms with Crippen LogP contribution >= 0.6 is 0 Å². The summed E-state index contributed by atoms with van der Waals surface area (Å²) >= 11 is 0. The first kappa shape index (κ1) is 15.0. The fourth-order valence-electron chi connectivity index (χ4n) is 0.927. The van der Waals surface area contributed by atoms with E-state index in [0.717, 1.165) is 6.29 Å². The second-order valence-electron chi connectivity index (χ2n) is 3.08. The van der Waals surface area contributed by atoms with Crippen molar-refractivity contribution in [1.82, 2.24) is 10.6 Å². The third kappa shape index (κ3) is 13.0. The summed E-state index contributed by atoms with van der Waals surface area (Å²) in [5.74, 6) is -0.0545. The molecule has 0 aliphatic rings. The Morgan fingerprint density at radius 3 is 2.31 bits per heavy atom. The molecule has 0 aromatic rings. The summed E-state index contributed by atoms with van der Waals surface area (Å²) in [7, 11) is 0. The summed E-state index contributed by atoms with van der Waals surface area (Å²) in [5, 5.41) is 5.50. The van der Waals surface area contributed by atoms with Gasteiger partial charge < -0.3 is 24.9 Å². The van der Waals surface area contributed by atoms with Gasteiger partial charge >= 0.3 is 0 Å². The number of rotatable bonds is 11. The van der Waals surface area contributed by atoms with E-state index in [9.17, 15) is 9.59 Å². The van der Waals surface area contributed by atoms with Crippen molar-refractivity contribution in [1.29, 1.82) is 0 Å². The highest BCUT2D eigenvalue weighted by Gasteiger charge is 1.92. The Morgan fingerprint density at radius 1 is 1.12 bits per heavy atom. The number of ether oxygens (including phenoxy) is 2. The standard InChI is InChI=1S/C10H20N2O4/c1-10(14)12-4-7-16-9-8-15-6-3-11-2-5-13/h5,11H,2-4,6-9H2,1H3,(H,12,14). The summed E-state index contributed by atoms with van der Waals surface area (Å²) in [6.07, 6.45) is 0.811.